The second-order valence-corrected chi connectivity index (χ2v) is 5.60. The van der Waals surface area contributed by atoms with E-state index >= 15 is 0 Å². The molecule has 2 aromatic rings. The minimum atomic E-state index is -1.23. The first kappa shape index (κ1) is 17.9. The van der Waals surface area contributed by atoms with E-state index in [-0.39, 0.29) is 10.6 Å². The molecule has 0 atom stereocenters. The van der Waals surface area contributed by atoms with Crippen LogP contribution in [0.1, 0.15) is 21.5 Å². The van der Waals surface area contributed by atoms with Gasteiger partial charge in [-0.3, -0.25) is 4.79 Å². The molecule has 1 N–H and O–H groups in total. The molecule has 7 heteroatoms. The van der Waals surface area contributed by atoms with Gasteiger partial charge in [0.25, 0.3) is 5.91 Å². The van der Waals surface area contributed by atoms with Crippen molar-refractivity contribution in [3.63, 3.8) is 0 Å². The number of benzene rings is 2. The summed E-state index contributed by atoms with van der Waals surface area (Å²) < 4.78 is 30.9. The van der Waals surface area contributed by atoms with Crippen LogP contribution in [0.3, 0.4) is 0 Å². The molecule has 0 heterocycles. The largest absolute Gasteiger partial charge is 0.452 e. The van der Waals surface area contributed by atoms with Crippen molar-refractivity contribution in [1.82, 2.24) is 0 Å². The van der Waals surface area contributed by atoms with Gasteiger partial charge in [-0.25, -0.2) is 13.6 Å². The molecule has 0 aliphatic carbocycles. The molecular formula is C17H14ClF2NO3. The van der Waals surface area contributed by atoms with E-state index in [0.717, 1.165) is 11.1 Å². The maximum atomic E-state index is 13.2. The Morgan fingerprint density at radius 3 is 2.46 bits per heavy atom. The fraction of sp³-hybridized carbons (Fsp3) is 0.176. The van der Waals surface area contributed by atoms with Crippen LogP contribution in [-0.4, -0.2) is 18.5 Å². The second kappa shape index (κ2) is 7.40. The number of carbonyl (C=O) groups is 2. The summed E-state index contributed by atoms with van der Waals surface area (Å²) >= 11 is 5.67. The van der Waals surface area contributed by atoms with Crippen molar-refractivity contribution in [2.75, 3.05) is 11.9 Å². The summed E-state index contributed by atoms with van der Waals surface area (Å²) in [6.45, 7) is 3.17. The van der Waals surface area contributed by atoms with Gasteiger partial charge in [-0.1, -0.05) is 29.3 Å². The van der Waals surface area contributed by atoms with E-state index in [1.807, 2.05) is 26.0 Å². The van der Waals surface area contributed by atoms with E-state index in [1.165, 1.54) is 0 Å². The van der Waals surface area contributed by atoms with Crippen molar-refractivity contribution < 1.29 is 23.1 Å². The predicted octanol–water partition coefficient (Wildman–Crippen LogP) is 4.03. The van der Waals surface area contributed by atoms with Gasteiger partial charge in [-0.15, -0.1) is 0 Å². The van der Waals surface area contributed by atoms with Gasteiger partial charge in [-0.2, -0.15) is 0 Å². The number of esters is 1. The number of anilines is 1. The lowest BCUT2D eigenvalue weighted by atomic mass is 10.1. The van der Waals surface area contributed by atoms with Crippen LogP contribution in [0.25, 0.3) is 0 Å². The SMILES string of the molecule is Cc1ccc(NC(=O)COC(=O)c2cc(F)c(F)cc2Cl)c(C)c1. The van der Waals surface area contributed by atoms with Gasteiger partial charge in [0, 0.05) is 5.69 Å². The van der Waals surface area contributed by atoms with Gasteiger partial charge in [0.15, 0.2) is 18.2 Å². The molecule has 126 valence electrons. The average Bonchev–Trinajstić information content (AvgIpc) is 2.51. The molecule has 1 amide bonds. The molecular weight excluding hydrogens is 340 g/mol. The Morgan fingerprint density at radius 1 is 1.12 bits per heavy atom. The maximum Gasteiger partial charge on any atom is 0.340 e. The molecule has 0 aliphatic rings. The molecule has 2 aromatic carbocycles. The quantitative estimate of drug-likeness (QED) is 0.667. The molecule has 0 saturated carbocycles. The number of halogens is 3. The Labute approximate surface area is 142 Å². The number of carbonyl (C=O) groups excluding carboxylic acids is 2. The van der Waals surface area contributed by atoms with Gasteiger partial charge in [0.2, 0.25) is 0 Å². The van der Waals surface area contributed by atoms with E-state index in [0.29, 0.717) is 17.8 Å². The predicted molar refractivity (Wildman–Crippen MR) is 86.2 cm³/mol. The molecule has 0 saturated heterocycles. The lowest BCUT2D eigenvalue weighted by molar-refractivity contribution is -0.119. The van der Waals surface area contributed by atoms with Crippen molar-refractivity contribution in [1.29, 1.82) is 0 Å². The fourth-order valence-corrected chi connectivity index (χ4v) is 2.26. The highest BCUT2D eigenvalue weighted by Gasteiger charge is 2.17. The van der Waals surface area contributed by atoms with Gasteiger partial charge in [0.05, 0.1) is 10.6 Å². The zero-order chi connectivity index (χ0) is 17.9. The third kappa shape index (κ3) is 4.29. The molecule has 2 rings (SSSR count). The third-order valence-corrected chi connectivity index (χ3v) is 3.53. The van der Waals surface area contributed by atoms with Gasteiger partial charge < -0.3 is 10.1 Å². The highest BCUT2D eigenvalue weighted by Crippen LogP contribution is 2.21. The molecule has 0 unspecified atom stereocenters. The number of aryl methyl sites for hydroxylation is 2. The Bertz CT molecular complexity index is 809. The maximum absolute atomic E-state index is 13.2. The molecule has 0 fully saturated rings. The lowest BCUT2D eigenvalue weighted by Gasteiger charge is -2.10. The van der Waals surface area contributed by atoms with E-state index in [4.69, 9.17) is 16.3 Å². The van der Waals surface area contributed by atoms with Crippen LogP contribution >= 0.6 is 11.6 Å². The zero-order valence-corrected chi connectivity index (χ0v) is 13.7. The van der Waals surface area contributed by atoms with Crippen LogP contribution < -0.4 is 5.32 Å². The Hall–Kier alpha value is -2.47. The molecule has 0 aromatic heterocycles. The van der Waals surface area contributed by atoms with E-state index in [1.54, 1.807) is 6.07 Å². The number of nitrogens with one attached hydrogen (secondary N) is 1. The van der Waals surface area contributed by atoms with Gasteiger partial charge >= 0.3 is 5.97 Å². The molecule has 0 spiro atoms. The smallest absolute Gasteiger partial charge is 0.340 e. The average molecular weight is 354 g/mol. The Kier molecular flexibility index (Phi) is 5.51. The summed E-state index contributed by atoms with van der Waals surface area (Å²) in [5.74, 6) is -3.99. The highest BCUT2D eigenvalue weighted by molar-refractivity contribution is 6.33. The number of amides is 1. The van der Waals surface area contributed by atoms with Crippen LogP contribution in [-0.2, 0) is 9.53 Å². The molecule has 4 nitrogen and oxygen atoms in total. The summed E-state index contributed by atoms with van der Waals surface area (Å²) in [4.78, 5) is 23.7. The summed E-state index contributed by atoms with van der Waals surface area (Å²) in [7, 11) is 0. The van der Waals surface area contributed by atoms with Crippen LogP contribution in [0.4, 0.5) is 14.5 Å². The number of hydrogen-bond donors (Lipinski definition) is 1. The second-order valence-electron chi connectivity index (χ2n) is 5.19. The molecule has 0 aliphatic heterocycles. The molecule has 24 heavy (non-hydrogen) atoms. The number of ether oxygens (including phenoxy) is 1. The normalized spacial score (nSPS) is 10.4. The summed E-state index contributed by atoms with van der Waals surface area (Å²) in [5, 5.41) is 2.30. The van der Waals surface area contributed by atoms with Crippen molar-refractivity contribution in [2.45, 2.75) is 13.8 Å². The Morgan fingerprint density at radius 2 is 1.79 bits per heavy atom. The van der Waals surface area contributed by atoms with Gasteiger partial charge in [-0.05, 0) is 37.6 Å². The number of hydrogen-bond acceptors (Lipinski definition) is 3. The van der Waals surface area contributed by atoms with Crippen molar-refractivity contribution >= 4 is 29.2 Å². The van der Waals surface area contributed by atoms with Crippen molar-refractivity contribution in [3.05, 3.63) is 63.7 Å². The van der Waals surface area contributed by atoms with Crippen LogP contribution in [0.5, 0.6) is 0 Å². The zero-order valence-electron chi connectivity index (χ0n) is 13.0. The third-order valence-electron chi connectivity index (χ3n) is 3.22. The van der Waals surface area contributed by atoms with E-state index < -0.39 is 30.1 Å². The Balaban J connectivity index is 1.99. The summed E-state index contributed by atoms with van der Waals surface area (Å²) in [6, 6.07) is 6.75. The monoisotopic (exact) mass is 353 g/mol. The minimum Gasteiger partial charge on any atom is -0.452 e. The summed E-state index contributed by atoms with van der Waals surface area (Å²) in [5.41, 5.74) is 2.14. The number of rotatable bonds is 4. The minimum absolute atomic E-state index is 0.298. The fourth-order valence-electron chi connectivity index (χ4n) is 2.03. The van der Waals surface area contributed by atoms with Crippen molar-refractivity contribution in [2.24, 2.45) is 0 Å². The van der Waals surface area contributed by atoms with Crippen molar-refractivity contribution in [3.8, 4) is 0 Å². The summed E-state index contributed by atoms with van der Waals surface area (Å²) in [6.07, 6.45) is 0. The van der Waals surface area contributed by atoms with Crippen LogP contribution in [0, 0.1) is 25.5 Å². The van der Waals surface area contributed by atoms with E-state index in [9.17, 15) is 18.4 Å². The first-order valence-electron chi connectivity index (χ1n) is 6.96. The van der Waals surface area contributed by atoms with Crippen LogP contribution in [0.15, 0.2) is 30.3 Å². The highest BCUT2D eigenvalue weighted by atomic mass is 35.5. The first-order valence-corrected chi connectivity index (χ1v) is 7.34. The van der Waals surface area contributed by atoms with E-state index in [2.05, 4.69) is 5.32 Å². The van der Waals surface area contributed by atoms with Gasteiger partial charge in [0.1, 0.15) is 0 Å². The first-order chi connectivity index (χ1) is 11.3. The molecule has 0 bridgehead atoms. The lowest BCUT2D eigenvalue weighted by Crippen LogP contribution is -2.21. The standard InChI is InChI=1S/C17H14ClF2NO3/c1-9-3-4-15(10(2)5-9)21-16(22)8-24-17(23)11-6-13(19)14(20)7-12(11)18/h3-7H,8H2,1-2H3,(H,21,22). The molecule has 0 radical (unpaired) electrons. The topological polar surface area (TPSA) is 55.4 Å². The van der Waals surface area contributed by atoms with Crippen LogP contribution in [0.2, 0.25) is 5.02 Å².